The van der Waals surface area contributed by atoms with Gasteiger partial charge in [-0.25, -0.2) is 15.0 Å². The van der Waals surface area contributed by atoms with Gasteiger partial charge in [0.25, 0.3) is 0 Å². The summed E-state index contributed by atoms with van der Waals surface area (Å²) < 4.78 is 0. The van der Waals surface area contributed by atoms with Crippen molar-refractivity contribution in [2.45, 2.75) is 19.6 Å². The summed E-state index contributed by atoms with van der Waals surface area (Å²) in [6.45, 7) is 2.09. The number of aromatic nitrogens is 3. The van der Waals surface area contributed by atoms with E-state index in [0.717, 1.165) is 30.2 Å². The molecule has 0 aliphatic carbocycles. The highest BCUT2D eigenvalue weighted by Crippen LogP contribution is 2.26. The van der Waals surface area contributed by atoms with Crippen LogP contribution in [0.15, 0.2) is 30.9 Å². The molecular weight excluding hydrogens is 214 g/mol. The number of nitrogens with two attached hydrogens (primary N) is 1. The molecule has 0 atom stereocenters. The third-order valence-electron chi connectivity index (χ3n) is 2.97. The molecule has 0 saturated heterocycles. The Kier molecular flexibility index (Phi) is 2.45. The Morgan fingerprint density at radius 2 is 2.24 bits per heavy atom. The molecule has 17 heavy (non-hydrogen) atoms. The molecule has 3 heterocycles. The molecule has 3 rings (SSSR count). The molecule has 5 heteroatoms. The Labute approximate surface area is 99.3 Å². The fraction of sp³-hybridized carbons (Fsp3) is 0.250. The molecule has 1 aliphatic rings. The van der Waals surface area contributed by atoms with Crippen molar-refractivity contribution in [2.75, 3.05) is 4.90 Å². The van der Waals surface area contributed by atoms with E-state index in [9.17, 15) is 0 Å². The summed E-state index contributed by atoms with van der Waals surface area (Å²) in [5.41, 5.74) is 9.04. The Morgan fingerprint density at radius 3 is 3.06 bits per heavy atom. The lowest BCUT2D eigenvalue weighted by molar-refractivity contribution is 0.832. The molecule has 2 aromatic rings. The van der Waals surface area contributed by atoms with Crippen molar-refractivity contribution in [1.82, 2.24) is 15.0 Å². The summed E-state index contributed by atoms with van der Waals surface area (Å²) in [5, 5.41) is 0. The summed E-state index contributed by atoms with van der Waals surface area (Å²) in [6.07, 6.45) is 5.25. The second kappa shape index (κ2) is 4.10. The van der Waals surface area contributed by atoms with Crippen molar-refractivity contribution >= 4 is 5.82 Å². The number of hydrogen-bond donors (Lipinski definition) is 1. The van der Waals surface area contributed by atoms with Crippen LogP contribution in [0.4, 0.5) is 5.82 Å². The second-order valence-corrected chi connectivity index (χ2v) is 4.04. The van der Waals surface area contributed by atoms with E-state index in [-0.39, 0.29) is 0 Å². The number of nitrogens with zero attached hydrogens (tertiary/aromatic N) is 4. The van der Waals surface area contributed by atoms with Crippen LogP contribution in [0.5, 0.6) is 0 Å². The van der Waals surface area contributed by atoms with Crippen molar-refractivity contribution in [1.29, 1.82) is 0 Å². The molecule has 0 aromatic carbocycles. The van der Waals surface area contributed by atoms with Gasteiger partial charge in [0.2, 0.25) is 0 Å². The molecule has 0 saturated carbocycles. The van der Waals surface area contributed by atoms with Gasteiger partial charge in [0.1, 0.15) is 12.1 Å². The highest BCUT2D eigenvalue weighted by Gasteiger charge is 2.22. The average molecular weight is 227 g/mol. The quantitative estimate of drug-likeness (QED) is 0.823. The van der Waals surface area contributed by atoms with Crippen molar-refractivity contribution in [3.63, 3.8) is 0 Å². The van der Waals surface area contributed by atoms with E-state index < -0.39 is 0 Å². The van der Waals surface area contributed by atoms with Crippen molar-refractivity contribution in [3.8, 4) is 0 Å². The third kappa shape index (κ3) is 1.74. The molecule has 0 bridgehead atoms. The van der Waals surface area contributed by atoms with Crippen LogP contribution >= 0.6 is 0 Å². The van der Waals surface area contributed by atoms with Gasteiger partial charge in [-0.15, -0.1) is 0 Å². The topological polar surface area (TPSA) is 67.9 Å². The van der Waals surface area contributed by atoms with Gasteiger partial charge in [0.05, 0.1) is 12.2 Å². The molecular formula is C12H13N5. The van der Waals surface area contributed by atoms with Gasteiger partial charge < -0.3 is 10.6 Å². The number of pyridine rings is 1. The van der Waals surface area contributed by atoms with Gasteiger partial charge in [-0.2, -0.15) is 0 Å². The molecule has 0 fully saturated rings. The first-order valence-corrected chi connectivity index (χ1v) is 5.55. The molecule has 0 radical (unpaired) electrons. The Hall–Kier alpha value is -2.01. The summed E-state index contributed by atoms with van der Waals surface area (Å²) >= 11 is 0. The monoisotopic (exact) mass is 227 g/mol. The zero-order chi connectivity index (χ0) is 11.7. The lowest BCUT2D eigenvalue weighted by atomic mass is 10.2. The van der Waals surface area contributed by atoms with Crippen LogP contribution in [0.2, 0.25) is 0 Å². The largest absolute Gasteiger partial charge is 0.346 e. The van der Waals surface area contributed by atoms with Gasteiger partial charge in [-0.1, -0.05) is 6.07 Å². The standard InChI is InChI=1S/C12H13N5/c13-4-9-2-1-3-15-12(9)17-6-10-5-14-8-16-11(10)7-17/h1-3,5,8H,4,6-7,13H2. The van der Waals surface area contributed by atoms with Crippen LogP contribution < -0.4 is 10.6 Å². The zero-order valence-corrected chi connectivity index (χ0v) is 9.37. The highest BCUT2D eigenvalue weighted by molar-refractivity contribution is 5.50. The van der Waals surface area contributed by atoms with Crippen LogP contribution in [0.3, 0.4) is 0 Å². The summed E-state index contributed by atoms with van der Waals surface area (Å²) in [5.74, 6) is 0.952. The average Bonchev–Trinajstić information content (AvgIpc) is 2.82. The van der Waals surface area contributed by atoms with Crippen LogP contribution in [0.25, 0.3) is 0 Å². The SMILES string of the molecule is NCc1cccnc1N1Cc2cncnc2C1. The van der Waals surface area contributed by atoms with E-state index in [1.807, 2.05) is 18.3 Å². The van der Waals surface area contributed by atoms with E-state index in [0.29, 0.717) is 6.54 Å². The van der Waals surface area contributed by atoms with Gasteiger partial charge in [-0.05, 0) is 6.07 Å². The minimum absolute atomic E-state index is 0.502. The van der Waals surface area contributed by atoms with Crippen molar-refractivity contribution in [3.05, 3.63) is 47.7 Å². The molecule has 2 aromatic heterocycles. The summed E-state index contributed by atoms with van der Waals surface area (Å²) in [7, 11) is 0. The summed E-state index contributed by atoms with van der Waals surface area (Å²) in [4.78, 5) is 14.9. The smallest absolute Gasteiger partial charge is 0.133 e. The van der Waals surface area contributed by atoms with E-state index >= 15 is 0 Å². The lowest BCUT2D eigenvalue weighted by Crippen LogP contribution is -2.19. The van der Waals surface area contributed by atoms with Gasteiger partial charge >= 0.3 is 0 Å². The molecule has 86 valence electrons. The van der Waals surface area contributed by atoms with Crippen molar-refractivity contribution in [2.24, 2.45) is 5.73 Å². The molecule has 1 aliphatic heterocycles. The second-order valence-electron chi connectivity index (χ2n) is 4.04. The fourth-order valence-corrected chi connectivity index (χ4v) is 2.12. The first kappa shape index (κ1) is 10.2. The maximum absolute atomic E-state index is 5.73. The van der Waals surface area contributed by atoms with Crippen LogP contribution in [-0.2, 0) is 19.6 Å². The Bertz CT molecular complexity index is 515. The minimum atomic E-state index is 0.502. The van der Waals surface area contributed by atoms with Crippen LogP contribution in [0.1, 0.15) is 16.8 Å². The Morgan fingerprint density at radius 1 is 1.29 bits per heavy atom. The van der Waals surface area contributed by atoms with E-state index in [4.69, 9.17) is 5.73 Å². The Balaban J connectivity index is 1.94. The molecule has 2 N–H and O–H groups in total. The van der Waals surface area contributed by atoms with Gasteiger partial charge in [0.15, 0.2) is 0 Å². The lowest BCUT2D eigenvalue weighted by Gasteiger charge is -2.18. The number of rotatable bonds is 2. The van der Waals surface area contributed by atoms with E-state index in [1.165, 1.54) is 5.56 Å². The first-order valence-electron chi connectivity index (χ1n) is 5.55. The molecule has 0 amide bonds. The predicted molar refractivity (Wildman–Crippen MR) is 64.0 cm³/mol. The van der Waals surface area contributed by atoms with E-state index in [2.05, 4.69) is 19.9 Å². The van der Waals surface area contributed by atoms with Crippen molar-refractivity contribution < 1.29 is 0 Å². The number of fused-ring (bicyclic) bond motifs is 1. The summed E-state index contributed by atoms with van der Waals surface area (Å²) in [6, 6.07) is 3.92. The highest BCUT2D eigenvalue weighted by atomic mass is 15.2. The molecule has 0 spiro atoms. The third-order valence-corrected chi connectivity index (χ3v) is 2.97. The maximum atomic E-state index is 5.73. The normalized spacial score (nSPS) is 13.8. The predicted octanol–water partition coefficient (Wildman–Crippen LogP) is 0.851. The minimum Gasteiger partial charge on any atom is -0.346 e. The molecule has 0 unspecified atom stereocenters. The number of hydrogen-bond acceptors (Lipinski definition) is 5. The molecule has 5 nitrogen and oxygen atoms in total. The maximum Gasteiger partial charge on any atom is 0.133 e. The number of anilines is 1. The van der Waals surface area contributed by atoms with Gasteiger partial charge in [0, 0.05) is 36.6 Å². The fourth-order valence-electron chi connectivity index (χ4n) is 2.12. The van der Waals surface area contributed by atoms with E-state index in [1.54, 1.807) is 12.5 Å². The van der Waals surface area contributed by atoms with Crippen LogP contribution in [0, 0.1) is 0 Å². The first-order chi connectivity index (χ1) is 8.38. The van der Waals surface area contributed by atoms with Gasteiger partial charge in [-0.3, -0.25) is 0 Å². The zero-order valence-electron chi connectivity index (χ0n) is 9.37. The van der Waals surface area contributed by atoms with Crippen LogP contribution in [-0.4, -0.2) is 15.0 Å².